The summed E-state index contributed by atoms with van der Waals surface area (Å²) in [6, 6.07) is 13.0. The summed E-state index contributed by atoms with van der Waals surface area (Å²) in [7, 11) is -3.14. The Morgan fingerprint density at radius 2 is 1.75 bits per heavy atom. The van der Waals surface area contributed by atoms with Crippen LogP contribution in [0.15, 0.2) is 57.2 Å². The molecule has 2 N–H and O–H groups in total. The minimum absolute atomic E-state index is 0.339. The van der Waals surface area contributed by atoms with Crippen LogP contribution < -0.4 is 5.73 Å². The fourth-order valence-electron chi connectivity index (χ4n) is 1.89. The van der Waals surface area contributed by atoms with E-state index in [0.29, 0.717) is 11.4 Å². The van der Waals surface area contributed by atoms with Gasteiger partial charge in [-0.25, -0.2) is 8.42 Å². The summed E-state index contributed by atoms with van der Waals surface area (Å²) in [5.74, 6) is 0. The molecule has 0 radical (unpaired) electrons. The highest BCUT2D eigenvalue weighted by molar-refractivity contribution is 7.99. The number of benzene rings is 2. The molecule has 0 bridgehead atoms. The lowest BCUT2D eigenvalue weighted by Gasteiger charge is -2.11. The minimum atomic E-state index is -3.14. The molecule has 0 saturated carbocycles. The van der Waals surface area contributed by atoms with Crippen molar-refractivity contribution in [2.75, 3.05) is 6.26 Å². The third-order valence-electron chi connectivity index (χ3n) is 2.99. The van der Waals surface area contributed by atoms with Crippen molar-refractivity contribution in [2.45, 2.75) is 28.2 Å². The third kappa shape index (κ3) is 3.42. The van der Waals surface area contributed by atoms with Crippen molar-refractivity contribution in [3.63, 3.8) is 0 Å². The van der Waals surface area contributed by atoms with Crippen LogP contribution in [0.1, 0.15) is 11.1 Å². The van der Waals surface area contributed by atoms with E-state index < -0.39 is 9.84 Å². The van der Waals surface area contributed by atoms with E-state index in [2.05, 4.69) is 0 Å². The molecule has 0 heterocycles. The molecular weight excluding hydrogens is 290 g/mol. The molecule has 0 aromatic heterocycles. The van der Waals surface area contributed by atoms with E-state index in [0.717, 1.165) is 15.4 Å². The molecule has 0 saturated heterocycles. The van der Waals surface area contributed by atoms with Gasteiger partial charge in [0.1, 0.15) is 0 Å². The van der Waals surface area contributed by atoms with Crippen LogP contribution in [0.5, 0.6) is 0 Å². The molecule has 0 fully saturated rings. The maximum atomic E-state index is 11.4. The topological polar surface area (TPSA) is 60.2 Å². The van der Waals surface area contributed by atoms with Gasteiger partial charge in [-0.15, -0.1) is 0 Å². The first-order chi connectivity index (χ1) is 9.41. The van der Waals surface area contributed by atoms with Gasteiger partial charge in [0.2, 0.25) is 0 Å². The number of hydrogen-bond acceptors (Lipinski definition) is 4. The Morgan fingerprint density at radius 1 is 1.10 bits per heavy atom. The molecule has 2 aromatic carbocycles. The highest BCUT2D eigenvalue weighted by atomic mass is 32.2. The van der Waals surface area contributed by atoms with Crippen LogP contribution in [0.25, 0.3) is 0 Å². The van der Waals surface area contributed by atoms with Crippen molar-refractivity contribution in [2.24, 2.45) is 5.73 Å². The van der Waals surface area contributed by atoms with Crippen molar-refractivity contribution < 1.29 is 8.42 Å². The highest BCUT2D eigenvalue weighted by Crippen LogP contribution is 2.33. The summed E-state index contributed by atoms with van der Waals surface area (Å²) in [4.78, 5) is 2.48. The van der Waals surface area contributed by atoms with Crippen molar-refractivity contribution in [1.82, 2.24) is 0 Å². The predicted octanol–water partition coefficient (Wildman–Crippen LogP) is 3.01. The second kappa shape index (κ2) is 5.99. The van der Waals surface area contributed by atoms with Gasteiger partial charge < -0.3 is 5.73 Å². The van der Waals surface area contributed by atoms with Gasteiger partial charge in [0.25, 0.3) is 0 Å². The lowest BCUT2D eigenvalue weighted by Crippen LogP contribution is -1.99. The molecule has 20 heavy (non-hydrogen) atoms. The van der Waals surface area contributed by atoms with Crippen LogP contribution in [-0.2, 0) is 16.4 Å². The molecule has 0 aliphatic carbocycles. The van der Waals surface area contributed by atoms with Crippen LogP contribution >= 0.6 is 11.8 Å². The van der Waals surface area contributed by atoms with E-state index in [4.69, 9.17) is 5.73 Å². The van der Waals surface area contributed by atoms with Crippen molar-refractivity contribution in [1.29, 1.82) is 0 Å². The summed E-state index contributed by atoms with van der Waals surface area (Å²) in [6.45, 7) is 2.54. The Bertz CT molecular complexity index is 707. The zero-order chi connectivity index (χ0) is 14.8. The number of sulfone groups is 1. The zero-order valence-corrected chi connectivity index (χ0v) is 13.1. The SMILES string of the molecule is Cc1cccc(CN)c1Sc1ccc(S(C)(=O)=O)cc1. The number of nitrogens with two attached hydrogens (primary N) is 1. The van der Waals surface area contributed by atoms with Crippen LogP contribution in [0.2, 0.25) is 0 Å². The van der Waals surface area contributed by atoms with Gasteiger partial charge in [-0.2, -0.15) is 0 Å². The first kappa shape index (κ1) is 15.1. The molecular formula is C15H17NO2S2. The maximum absolute atomic E-state index is 11.4. The van der Waals surface area contributed by atoms with Crippen LogP contribution in [-0.4, -0.2) is 14.7 Å². The Balaban J connectivity index is 2.32. The Kier molecular flexibility index (Phi) is 4.52. The quantitative estimate of drug-likeness (QED) is 0.943. The molecule has 0 aliphatic heterocycles. The summed E-state index contributed by atoms with van der Waals surface area (Å²) in [6.07, 6.45) is 1.21. The zero-order valence-electron chi connectivity index (χ0n) is 11.5. The largest absolute Gasteiger partial charge is 0.326 e. The van der Waals surface area contributed by atoms with E-state index in [9.17, 15) is 8.42 Å². The lowest BCUT2D eigenvalue weighted by molar-refractivity contribution is 0.602. The van der Waals surface area contributed by atoms with E-state index >= 15 is 0 Å². The monoisotopic (exact) mass is 307 g/mol. The minimum Gasteiger partial charge on any atom is -0.326 e. The van der Waals surface area contributed by atoms with Gasteiger partial charge in [0.15, 0.2) is 9.84 Å². The van der Waals surface area contributed by atoms with Crippen molar-refractivity contribution in [3.05, 3.63) is 53.6 Å². The van der Waals surface area contributed by atoms with Crippen molar-refractivity contribution >= 4 is 21.6 Å². The first-order valence-electron chi connectivity index (χ1n) is 6.18. The Morgan fingerprint density at radius 3 is 2.30 bits per heavy atom. The molecule has 106 valence electrons. The van der Waals surface area contributed by atoms with Gasteiger partial charge >= 0.3 is 0 Å². The molecule has 0 unspecified atom stereocenters. The molecule has 2 aromatic rings. The molecule has 3 nitrogen and oxygen atoms in total. The van der Waals surface area contributed by atoms with Gasteiger partial charge in [-0.05, 0) is 42.3 Å². The van der Waals surface area contributed by atoms with Gasteiger partial charge in [0.05, 0.1) is 4.90 Å². The highest BCUT2D eigenvalue weighted by Gasteiger charge is 2.09. The molecule has 0 spiro atoms. The Hall–Kier alpha value is -1.30. The summed E-state index contributed by atoms with van der Waals surface area (Å²) < 4.78 is 22.9. The maximum Gasteiger partial charge on any atom is 0.175 e. The summed E-state index contributed by atoms with van der Waals surface area (Å²) >= 11 is 1.61. The number of aryl methyl sites for hydroxylation is 1. The fraction of sp³-hybridized carbons (Fsp3) is 0.200. The van der Waals surface area contributed by atoms with Crippen LogP contribution in [0, 0.1) is 6.92 Å². The molecule has 2 rings (SSSR count). The number of hydrogen-bond donors (Lipinski definition) is 1. The number of rotatable bonds is 4. The molecule has 0 aliphatic rings. The van der Waals surface area contributed by atoms with Crippen LogP contribution in [0.3, 0.4) is 0 Å². The van der Waals surface area contributed by atoms with E-state index in [1.54, 1.807) is 23.9 Å². The molecule has 5 heteroatoms. The van der Waals surface area contributed by atoms with Gasteiger partial charge in [-0.3, -0.25) is 0 Å². The lowest BCUT2D eigenvalue weighted by atomic mass is 10.1. The van der Waals surface area contributed by atoms with Gasteiger partial charge in [-0.1, -0.05) is 30.0 Å². The normalized spacial score (nSPS) is 11.6. The van der Waals surface area contributed by atoms with Gasteiger partial charge in [0, 0.05) is 22.6 Å². The fourth-order valence-corrected chi connectivity index (χ4v) is 3.54. The summed E-state index contributed by atoms with van der Waals surface area (Å²) in [5, 5.41) is 0. The van der Waals surface area contributed by atoms with E-state index in [1.807, 2.05) is 37.3 Å². The smallest absolute Gasteiger partial charge is 0.175 e. The predicted molar refractivity (Wildman–Crippen MR) is 82.7 cm³/mol. The molecule has 0 atom stereocenters. The van der Waals surface area contributed by atoms with Crippen molar-refractivity contribution in [3.8, 4) is 0 Å². The third-order valence-corrected chi connectivity index (χ3v) is 5.41. The van der Waals surface area contributed by atoms with Crippen LogP contribution in [0.4, 0.5) is 0 Å². The molecule has 0 amide bonds. The average Bonchev–Trinajstić information content (AvgIpc) is 2.40. The summed E-state index contributed by atoms with van der Waals surface area (Å²) in [5.41, 5.74) is 8.03. The second-order valence-corrected chi connectivity index (χ2v) is 7.71. The van der Waals surface area contributed by atoms with E-state index in [1.165, 1.54) is 11.8 Å². The Labute approximate surface area is 124 Å². The van der Waals surface area contributed by atoms with E-state index in [-0.39, 0.29) is 0 Å². The average molecular weight is 307 g/mol. The standard InChI is InChI=1S/C15H17NO2S2/c1-11-4-3-5-12(10-16)15(11)19-13-6-8-14(9-7-13)20(2,17)18/h3-9H,10,16H2,1-2H3. The first-order valence-corrected chi connectivity index (χ1v) is 8.89. The second-order valence-electron chi connectivity index (χ2n) is 4.61.